The number of anilines is 1. The molecule has 2 rings (SSSR count). The molecule has 5 N–H and O–H groups in total. The zero-order valence-electron chi connectivity index (χ0n) is 18.0. The molecule has 0 aliphatic carbocycles. The standard InChI is InChI=1S/C14H26N4O11P2.Na/c1-18(2,3)6-7-26-30(22,23)29-31(24,25)27-8-9-11(19)12(20)13(28-9)17-5-4-10(15)16-14(17)21;/h4-5,9,11-13,19-20H,6-8H2,1-3H3,(H3-,15,16,21,22,23,24,25);/t9-,11-,12-,13-;/m1./s1. The summed E-state index contributed by atoms with van der Waals surface area (Å²) in [7, 11) is -5.01. The third-order valence-corrected chi connectivity index (χ3v) is 6.68. The number of phosphoric ester groups is 2. The number of phosphoric acid groups is 2. The zero-order valence-corrected chi connectivity index (χ0v) is 21.8. The summed E-state index contributed by atoms with van der Waals surface area (Å²) in [6.45, 7) is -0.877. The van der Waals surface area contributed by atoms with E-state index in [1.54, 1.807) is 21.1 Å². The predicted molar refractivity (Wildman–Crippen MR) is 108 cm³/mol. The Balaban J connectivity index is 0.00000512. The second-order valence-corrected chi connectivity index (χ2v) is 10.7. The molecule has 1 aliphatic heterocycles. The maximum absolute atomic E-state index is 12.0. The van der Waals surface area contributed by atoms with E-state index in [1.165, 1.54) is 12.3 Å². The number of likely N-dealkylation sites (N-methyl/N-ethyl adjacent to an activating group) is 1. The third kappa shape index (κ3) is 8.85. The zero-order chi connectivity index (χ0) is 23.6. The fourth-order valence-electron chi connectivity index (χ4n) is 2.48. The van der Waals surface area contributed by atoms with Gasteiger partial charge in [0.25, 0.3) is 7.82 Å². The number of aliphatic hydroxyl groups is 2. The van der Waals surface area contributed by atoms with Crippen molar-refractivity contribution in [2.45, 2.75) is 24.5 Å². The van der Waals surface area contributed by atoms with Gasteiger partial charge < -0.3 is 39.5 Å². The van der Waals surface area contributed by atoms with Crippen molar-refractivity contribution in [2.24, 2.45) is 0 Å². The molecule has 0 saturated carbocycles. The molecule has 0 spiro atoms. The SMILES string of the molecule is C[N+](C)(C)CCOP(=O)([O-])OP(=O)(O)OC[C@H]1O[C@@H](n2ccc(N)nc2=O)[C@H](O)[C@@H]1O.[Na]. The van der Waals surface area contributed by atoms with E-state index in [-0.39, 0.29) is 48.5 Å². The number of nitrogens with zero attached hydrogens (tertiary/aromatic N) is 3. The van der Waals surface area contributed by atoms with E-state index >= 15 is 0 Å². The molecule has 15 nitrogen and oxygen atoms in total. The Kier molecular flexibility index (Phi) is 10.7. The van der Waals surface area contributed by atoms with Gasteiger partial charge in [0, 0.05) is 35.8 Å². The van der Waals surface area contributed by atoms with E-state index in [0.717, 1.165) is 4.57 Å². The molecule has 179 valence electrons. The van der Waals surface area contributed by atoms with Gasteiger partial charge in [-0.1, -0.05) is 0 Å². The number of nitrogen functional groups attached to an aromatic ring is 1. The average molecular weight is 511 g/mol. The summed E-state index contributed by atoms with van der Waals surface area (Å²) in [6.07, 6.45) is -4.89. The summed E-state index contributed by atoms with van der Waals surface area (Å²) < 4.78 is 43.4. The molecular weight excluding hydrogens is 485 g/mol. The van der Waals surface area contributed by atoms with E-state index in [9.17, 15) is 33.9 Å². The maximum Gasteiger partial charge on any atom is 0.478 e. The quantitative estimate of drug-likeness (QED) is 0.144. The van der Waals surface area contributed by atoms with Gasteiger partial charge in [-0.25, -0.2) is 13.7 Å². The molecule has 0 amide bonds. The summed E-state index contributed by atoms with van der Waals surface area (Å²) in [5.41, 5.74) is 4.52. The van der Waals surface area contributed by atoms with Crippen LogP contribution in [0.5, 0.6) is 0 Å². The third-order valence-electron chi connectivity index (χ3n) is 4.08. The van der Waals surface area contributed by atoms with Crippen LogP contribution >= 0.6 is 15.6 Å². The minimum absolute atomic E-state index is 0. The van der Waals surface area contributed by atoms with Gasteiger partial charge in [0.15, 0.2) is 6.23 Å². The van der Waals surface area contributed by atoms with Crippen molar-refractivity contribution < 1.29 is 51.7 Å². The minimum atomic E-state index is -5.18. The van der Waals surface area contributed by atoms with Gasteiger partial charge in [0.2, 0.25) is 0 Å². The van der Waals surface area contributed by atoms with Crippen LogP contribution in [-0.4, -0.2) is 118 Å². The fraction of sp³-hybridized carbons (Fsp3) is 0.714. The summed E-state index contributed by atoms with van der Waals surface area (Å²) in [5, 5.41) is 20.2. The molecule has 18 heteroatoms. The number of aromatic nitrogens is 2. The predicted octanol–water partition coefficient (Wildman–Crippen LogP) is -2.61. The van der Waals surface area contributed by atoms with Crippen LogP contribution in [0.1, 0.15) is 6.23 Å². The summed E-state index contributed by atoms with van der Waals surface area (Å²) in [5.74, 6) is -0.0711. The first-order chi connectivity index (χ1) is 14.1. The van der Waals surface area contributed by atoms with Gasteiger partial charge in [0.05, 0.1) is 27.7 Å². The Hall–Kier alpha value is -0.220. The number of ether oxygens (including phenoxy) is 1. The molecule has 1 radical (unpaired) electrons. The van der Waals surface area contributed by atoms with Gasteiger partial charge in [-0.15, -0.1) is 0 Å². The van der Waals surface area contributed by atoms with Crippen LogP contribution in [0.4, 0.5) is 5.82 Å². The molecule has 2 unspecified atom stereocenters. The first-order valence-corrected chi connectivity index (χ1v) is 11.9. The van der Waals surface area contributed by atoms with Crippen molar-refractivity contribution in [3.05, 3.63) is 22.7 Å². The average Bonchev–Trinajstić information content (AvgIpc) is 2.86. The smallest absolute Gasteiger partial charge is 0.478 e. The van der Waals surface area contributed by atoms with Crippen LogP contribution in [-0.2, 0) is 27.2 Å². The van der Waals surface area contributed by atoms with Crippen LogP contribution in [0.2, 0.25) is 0 Å². The van der Waals surface area contributed by atoms with Crippen molar-refractivity contribution in [1.29, 1.82) is 0 Å². The van der Waals surface area contributed by atoms with Crippen LogP contribution in [0.15, 0.2) is 17.1 Å². The van der Waals surface area contributed by atoms with Gasteiger partial charge in [-0.2, -0.15) is 4.98 Å². The largest absolute Gasteiger partial charge is 0.756 e. The van der Waals surface area contributed by atoms with Crippen LogP contribution < -0.4 is 16.3 Å². The molecular formula is C14H26N4NaO11P2. The van der Waals surface area contributed by atoms with Crippen molar-refractivity contribution in [2.75, 3.05) is 46.6 Å². The van der Waals surface area contributed by atoms with Gasteiger partial charge in [-0.3, -0.25) is 13.7 Å². The molecule has 1 aromatic heterocycles. The van der Waals surface area contributed by atoms with E-state index < -0.39 is 52.5 Å². The van der Waals surface area contributed by atoms with Gasteiger partial charge in [-0.05, 0) is 6.07 Å². The summed E-state index contributed by atoms with van der Waals surface area (Å²) in [6, 6.07) is 1.26. The normalized spacial score (nSPS) is 27.3. The molecule has 0 bridgehead atoms. The fourth-order valence-corrected chi connectivity index (χ4v) is 4.51. The Bertz CT molecular complexity index is 927. The summed E-state index contributed by atoms with van der Waals surface area (Å²) >= 11 is 0. The molecule has 1 fully saturated rings. The van der Waals surface area contributed by atoms with Crippen molar-refractivity contribution in [3.63, 3.8) is 0 Å². The molecule has 32 heavy (non-hydrogen) atoms. The van der Waals surface area contributed by atoms with Gasteiger partial charge >= 0.3 is 13.5 Å². The van der Waals surface area contributed by atoms with Crippen molar-refractivity contribution in [1.82, 2.24) is 9.55 Å². The van der Waals surface area contributed by atoms with E-state index in [0.29, 0.717) is 4.48 Å². The Morgan fingerprint density at radius 3 is 2.47 bits per heavy atom. The van der Waals surface area contributed by atoms with E-state index in [4.69, 9.17) is 10.5 Å². The number of hydrogen-bond acceptors (Lipinski definition) is 12. The van der Waals surface area contributed by atoms with Crippen LogP contribution in [0.3, 0.4) is 0 Å². The van der Waals surface area contributed by atoms with E-state index in [1.807, 2.05) is 0 Å². The second kappa shape index (κ2) is 11.5. The molecule has 2 heterocycles. The number of nitrogens with two attached hydrogens (primary N) is 1. The Labute approximate surface area is 205 Å². The first-order valence-electron chi connectivity index (χ1n) is 8.91. The minimum Gasteiger partial charge on any atom is -0.756 e. The monoisotopic (exact) mass is 511 g/mol. The van der Waals surface area contributed by atoms with Crippen LogP contribution in [0, 0.1) is 0 Å². The molecule has 0 aromatic carbocycles. The number of quaternary nitrogens is 1. The second-order valence-electron chi connectivity index (χ2n) is 7.73. The number of hydrogen-bond donors (Lipinski definition) is 4. The van der Waals surface area contributed by atoms with Gasteiger partial charge in [0.1, 0.15) is 37.3 Å². The molecule has 1 aliphatic rings. The maximum atomic E-state index is 12.0. The Morgan fingerprint density at radius 1 is 1.28 bits per heavy atom. The van der Waals surface area contributed by atoms with E-state index in [2.05, 4.69) is 18.3 Å². The Morgan fingerprint density at radius 2 is 1.91 bits per heavy atom. The first kappa shape index (κ1) is 29.8. The summed E-state index contributed by atoms with van der Waals surface area (Å²) in [4.78, 5) is 36.7. The number of rotatable bonds is 10. The molecule has 1 aromatic rings. The molecule has 1 saturated heterocycles. The van der Waals surface area contributed by atoms with Crippen molar-refractivity contribution >= 4 is 51.0 Å². The number of aliphatic hydroxyl groups excluding tert-OH is 2. The van der Waals surface area contributed by atoms with Crippen molar-refractivity contribution in [3.8, 4) is 0 Å². The van der Waals surface area contributed by atoms with Crippen LogP contribution in [0.25, 0.3) is 0 Å². The topological polar surface area (TPSA) is 216 Å². The molecule has 6 atom stereocenters.